The first-order valence-corrected chi connectivity index (χ1v) is 10.0. The number of fused-ring (bicyclic) bond motifs is 6. The Kier molecular flexibility index (Phi) is 4.13. The highest BCUT2D eigenvalue weighted by molar-refractivity contribution is 5.79. The largest absolute Gasteiger partial charge is 0.479 e. The summed E-state index contributed by atoms with van der Waals surface area (Å²) in [5, 5.41) is 12.4. The molecule has 6 heteroatoms. The lowest BCUT2D eigenvalue weighted by molar-refractivity contribution is -0.195. The second-order valence-electron chi connectivity index (χ2n) is 8.32. The lowest BCUT2D eigenvalue weighted by Crippen LogP contribution is -2.65. The van der Waals surface area contributed by atoms with Gasteiger partial charge in [0.25, 0.3) is 0 Å². The first-order valence-electron chi connectivity index (χ1n) is 10.0. The predicted molar refractivity (Wildman–Crippen MR) is 106 cm³/mol. The van der Waals surface area contributed by atoms with Crippen molar-refractivity contribution < 1.29 is 24.2 Å². The molecule has 150 valence electrons. The summed E-state index contributed by atoms with van der Waals surface area (Å²) in [6.07, 6.45) is 1.52. The Labute approximate surface area is 168 Å². The van der Waals surface area contributed by atoms with E-state index >= 15 is 0 Å². The molecule has 0 unspecified atom stereocenters. The molecule has 29 heavy (non-hydrogen) atoms. The van der Waals surface area contributed by atoms with Crippen LogP contribution in [0.25, 0.3) is 11.1 Å². The first-order chi connectivity index (χ1) is 14.0. The molecule has 0 atom stereocenters. The highest BCUT2D eigenvalue weighted by atomic mass is 16.6. The molecule has 2 heterocycles. The van der Waals surface area contributed by atoms with Gasteiger partial charge < -0.3 is 19.9 Å². The quantitative estimate of drug-likeness (QED) is 0.828. The summed E-state index contributed by atoms with van der Waals surface area (Å²) in [5.41, 5.74) is 3.11. The number of carboxylic acid groups (broad SMARTS) is 1. The summed E-state index contributed by atoms with van der Waals surface area (Å²) in [6, 6.07) is 16.4. The van der Waals surface area contributed by atoms with Crippen molar-refractivity contribution in [3.8, 4) is 11.1 Å². The van der Waals surface area contributed by atoms with Crippen LogP contribution in [-0.4, -0.2) is 41.5 Å². The monoisotopic (exact) mass is 393 g/mol. The van der Waals surface area contributed by atoms with Crippen molar-refractivity contribution in [2.24, 2.45) is 0 Å². The average Bonchev–Trinajstić information content (AvgIpc) is 3.07. The molecule has 6 rings (SSSR count). The molecule has 2 N–H and O–H groups in total. The van der Waals surface area contributed by atoms with E-state index in [0.29, 0.717) is 25.7 Å². The minimum absolute atomic E-state index is 0.0132. The topological polar surface area (TPSA) is 84.9 Å². The first kappa shape index (κ1) is 18.2. The van der Waals surface area contributed by atoms with Crippen LogP contribution in [0.15, 0.2) is 48.5 Å². The van der Waals surface area contributed by atoms with E-state index in [1.165, 1.54) is 22.3 Å². The molecular weight excluding hydrogens is 370 g/mol. The molecule has 2 aliphatic heterocycles. The van der Waals surface area contributed by atoms with E-state index in [4.69, 9.17) is 9.47 Å². The normalized spacial score (nSPS) is 27.2. The fourth-order valence-corrected chi connectivity index (χ4v) is 4.99. The van der Waals surface area contributed by atoms with Crippen molar-refractivity contribution in [2.75, 3.05) is 13.2 Å². The predicted octanol–water partition coefficient (Wildman–Crippen LogP) is 3.69. The van der Waals surface area contributed by atoms with Gasteiger partial charge in [0, 0.05) is 5.92 Å². The maximum atomic E-state index is 12.6. The van der Waals surface area contributed by atoms with E-state index in [-0.39, 0.29) is 19.1 Å². The van der Waals surface area contributed by atoms with Gasteiger partial charge in [-0.15, -0.1) is 0 Å². The number of aliphatic carboxylic acids is 1. The molecule has 2 aromatic carbocycles. The fraction of sp³-hybridized carbons (Fsp3) is 0.391. The van der Waals surface area contributed by atoms with Gasteiger partial charge in [-0.05, 0) is 47.9 Å². The number of hydrogen-bond acceptors (Lipinski definition) is 4. The van der Waals surface area contributed by atoms with Crippen LogP contribution in [0, 0.1) is 0 Å². The van der Waals surface area contributed by atoms with Crippen LogP contribution >= 0.6 is 0 Å². The van der Waals surface area contributed by atoms with Gasteiger partial charge in [0.15, 0.2) is 5.60 Å². The SMILES string of the molecule is O=C(NC12CCC(C(=O)O)(CC1)OC2)OCC1c2ccccc2-c2ccccc21. The van der Waals surface area contributed by atoms with Gasteiger partial charge >= 0.3 is 12.1 Å². The van der Waals surface area contributed by atoms with Crippen molar-refractivity contribution in [3.63, 3.8) is 0 Å². The molecule has 2 bridgehead atoms. The second kappa shape index (κ2) is 6.59. The van der Waals surface area contributed by atoms with Crippen molar-refractivity contribution in [1.82, 2.24) is 5.32 Å². The molecule has 4 aliphatic rings. The van der Waals surface area contributed by atoms with Gasteiger partial charge in [-0.25, -0.2) is 9.59 Å². The molecule has 0 spiro atoms. The number of rotatable bonds is 4. The average molecular weight is 393 g/mol. The molecule has 2 saturated heterocycles. The third kappa shape index (κ3) is 2.90. The third-order valence-corrected chi connectivity index (χ3v) is 6.74. The summed E-state index contributed by atoms with van der Waals surface area (Å²) >= 11 is 0. The lowest BCUT2D eigenvalue weighted by atomic mass is 9.71. The lowest BCUT2D eigenvalue weighted by Gasteiger charge is -2.50. The highest BCUT2D eigenvalue weighted by Gasteiger charge is 2.54. The van der Waals surface area contributed by atoms with Crippen LogP contribution < -0.4 is 5.32 Å². The van der Waals surface area contributed by atoms with E-state index in [0.717, 1.165) is 0 Å². The number of carbonyl (C=O) groups excluding carboxylic acids is 1. The fourth-order valence-electron chi connectivity index (χ4n) is 4.99. The Morgan fingerprint density at radius 2 is 1.59 bits per heavy atom. The van der Waals surface area contributed by atoms with Crippen molar-refractivity contribution in [1.29, 1.82) is 0 Å². The number of amides is 1. The minimum Gasteiger partial charge on any atom is -0.479 e. The highest BCUT2D eigenvalue weighted by Crippen LogP contribution is 2.45. The van der Waals surface area contributed by atoms with E-state index in [1.807, 2.05) is 24.3 Å². The Hall–Kier alpha value is -2.86. The summed E-state index contributed by atoms with van der Waals surface area (Å²) in [4.78, 5) is 24.1. The maximum absolute atomic E-state index is 12.6. The number of carboxylic acids is 1. The summed E-state index contributed by atoms with van der Waals surface area (Å²) in [5.74, 6) is -0.897. The van der Waals surface area contributed by atoms with Gasteiger partial charge in [-0.1, -0.05) is 48.5 Å². The molecule has 6 nitrogen and oxygen atoms in total. The Balaban J connectivity index is 1.26. The summed E-state index contributed by atoms with van der Waals surface area (Å²) in [7, 11) is 0. The van der Waals surface area contributed by atoms with Crippen molar-refractivity contribution in [3.05, 3.63) is 59.7 Å². The van der Waals surface area contributed by atoms with E-state index < -0.39 is 23.2 Å². The zero-order valence-electron chi connectivity index (χ0n) is 16.0. The van der Waals surface area contributed by atoms with Crippen LogP contribution in [0.5, 0.6) is 0 Å². The number of hydrogen-bond donors (Lipinski definition) is 2. The van der Waals surface area contributed by atoms with E-state index in [2.05, 4.69) is 29.6 Å². The number of ether oxygens (including phenoxy) is 2. The zero-order chi connectivity index (χ0) is 20.1. The van der Waals surface area contributed by atoms with Crippen LogP contribution in [0.2, 0.25) is 0 Å². The van der Waals surface area contributed by atoms with Gasteiger partial charge in [-0.2, -0.15) is 0 Å². The molecule has 3 fully saturated rings. The Morgan fingerprint density at radius 3 is 2.10 bits per heavy atom. The van der Waals surface area contributed by atoms with Crippen LogP contribution in [0.4, 0.5) is 4.79 Å². The summed E-state index contributed by atoms with van der Waals surface area (Å²) in [6.45, 7) is 0.472. The molecule has 2 aromatic rings. The van der Waals surface area contributed by atoms with Gasteiger partial charge in [0.2, 0.25) is 0 Å². The van der Waals surface area contributed by atoms with E-state index in [1.54, 1.807) is 0 Å². The van der Waals surface area contributed by atoms with Gasteiger partial charge in [0.05, 0.1) is 12.1 Å². The third-order valence-electron chi connectivity index (χ3n) is 6.74. The molecule has 0 radical (unpaired) electrons. The molecule has 0 aromatic heterocycles. The van der Waals surface area contributed by atoms with Crippen LogP contribution in [-0.2, 0) is 14.3 Å². The van der Waals surface area contributed by atoms with Crippen LogP contribution in [0.1, 0.15) is 42.7 Å². The number of carbonyl (C=O) groups is 2. The number of alkyl carbamates (subject to hydrolysis) is 1. The molecular formula is C23H23NO5. The maximum Gasteiger partial charge on any atom is 0.407 e. The van der Waals surface area contributed by atoms with Crippen LogP contribution in [0.3, 0.4) is 0 Å². The van der Waals surface area contributed by atoms with Gasteiger partial charge in [-0.3, -0.25) is 0 Å². The Bertz CT molecular complexity index is 915. The zero-order valence-corrected chi connectivity index (χ0v) is 16.0. The standard InChI is InChI=1S/C23H23NO5/c25-20(26)23-11-9-22(10-12-23,14-29-23)24-21(27)28-13-19-17-7-3-1-5-15(17)16-6-2-4-8-18(16)19/h1-8,19H,9-14H2,(H,24,27)(H,25,26). The number of nitrogens with one attached hydrogen (secondary N) is 1. The smallest absolute Gasteiger partial charge is 0.407 e. The Morgan fingerprint density at radius 1 is 1.00 bits per heavy atom. The minimum atomic E-state index is -1.08. The van der Waals surface area contributed by atoms with E-state index in [9.17, 15) is 14.7 Å². The second-order valence-corrected chi connectivity index (χ2v) is 8.32. The van der Waals surface area contributed by atoms with Crippen molar-refractivity contribution >= 4 is 12.1 Å². The van der Waals surface area contributed by atoms with Gasteiger partial charge in [0.1, 0.15) is 6.61 Å². The number of benzene rings is 2. The summed E-state index contributed by atoms with van der Waals surface area (Å²) < 4.78 is 11.3. The molecule has 1 saturated carbocycles. The molecule has 2 aliphatic carbocycles. The van der Waals surface area contributed by atoms with Crippen molar-refractivity contribution in [2.45, 2.75) is 42.7 Å². The molecule has 1 amide bonds.